The van der Waals surface area contributed by atoms with Crippen molar-refractivity contribution in [1.82, 2.24) is 0 Å². The average molecular weight is 262 g/mol. The predicted octanol–water partition coefficient (Wildman–Crippen LogP) is 4.69. The molecule has 2 atom stereocenters. The molecule has 0 aromatic heterocycles. The number of hydrogen-bond donors (Lipinski definition) is 0. The molecule has 1 rings (SSSR count). The highest BCUT2D eigenvalue weighted by Crippen LogP contribution is 2.31. The molecule has 0 aliphatic rings. The molecular weight excluding hydrogens is 236 g/mol. The lowest BCUT2D eigenvalue weighted by Crippen LogP contribution is -2.30. The Balaban J connectivity index is 2.77. The zero-order chi connectivity index (χ0) is 14.5. The second-order valence-corrected chi connectivity index (χ2v) is 6.49. The number of hydrogen-bond acceptors (Lipinski definition) is 2. The molecular formula is C17H26O2. The Labute approximate surface area is 117 Å². The highest BCUT2D eigenvalue weighted by Gasteiger charge is 2.30. The van der Waals surface area contributed by atoms with Gasteiger partial charge < -0.3 is 4.74 Å². The van der Waals surface area contributed by atoms with Gasteiger partial charge >= 0.3 is 5.97 Å². The minimum absolute atomic E-state index is 0.0368. The third-order valence-electron chi connectivity index (χ3n) is 3.43. The van der Waals surface area contributed by atoms with E-state index in [0.29, 0.717) is 11.7 Å². The first-order valence-electron chi connectivity index (χ1n) is 7.10. The molecule has 0 heterocycles. The van der Waals surface area contributed by atoms with Crippen molar-refractivity contribution in [3.63, 3.8) is 0 Å². The van der Waals surface area contributed by atoms with Gasteiger partial charge in [-0.3, -0.25) is 4.79 Å². The highest BCUT2D eigenvalue weighted by atomic mass is 16.5. The maximum absolute atomic E-state index is 12.4. The lowest BCUT2D eigenvalue weighted by Gasteiger charge is -2.28. The van der Waals surface area contributed by atoms with Crippen molar-refractivity contribution in [2.24, 2.45) is 17.3 Å². The van der Waals surface area contributed by atoms with Crippen LogP contribution in [0.3, 0.4) is 0 Å². The van der Waals surface area contributed by atoms with Crippen molar-refractivity contribution in [3.8, 4) is 5.75 Å². The summed E-state index contributed by atoms with van der Waals surface area (Å²) in [4.78, 5) is 12.4. The van der Waals surface area contributed by atoms with Gasteiger partial charge in [-0.25, -0.2) is 0 Å². The van der Waals surface area contributed by atoms with E-state index in [2.05, 4.69) is 34.6 Å². The average Bonchev–Trinajstić information content (AvgIpc) is 2.35. The van der Waals surface area contributed by atoms with E-state index < -0.39 is 0 Å². The van der Waals surface area contributed by atoms with Gasteiger partial charge in [0.05, 0.1) is 5.92 Å². The van der Waals surface area contributed by atoms with E-state index in [0.717, 1.165) is 12.8 Å². The second-order valence-electron chi connectivity index (χ2n) is 6.49. The van der Waals surface area contributed by atoms with Crippen LogP contribution in [0.4, 0.5) is 0 Å². The molecule has 0 aliphatic carbocycles. The molecule has 0 amide bonds. The van der Waals surface area contributed by atoms with Crippen molar-refractivity contribution in [2.75, 3.05) is 0 Å². The van der Waals surface area contributed by atoms with Crippen LogP contribution >= 0.6 is 0 Å². The molecule has 0 N–H and O–H groups in total. The molecule has 106 valence electrons. The lowest BCUT2D eigenvalue weighted by atomic mass is 9.78. The van der Waals surface area contributed by atoms with Crippen LogP contribution in [0.5, 0.6) is 5.75 Å². The van der Waals surface area contributed by atoms with Crippen LogP contribution in [0.15, 0.2) is 30.3 Å². The first-order chi connectivity index (χ1) is 8.83. The number of benzene rings is 1. The monoisotopic (exact) mass is 262 g/mol. The quantitative estimate of drug-likeness (QED) is 0.568. The topological polar surface area (TPSA) is 26.3 Å². The summed E-state index contributed by atoms with van der Waals surface area (Å²) in [5.41, 5.74) is 0.129. The first kappa shape index (κ1) is 15.7. The summed E-state index contributed by atoms with van der Waals surface area (Å²) in [6, 6.07) is 9.32. The van der Waals surface area contributed by atoms with Crippen LogP contribution in [0.25, 0.3) is 0 Å². The van der Waals surface area contributed by atoms with Crippen LogP contribution in [0.2, 0.25) is 0 Å². The van der Waals surface area contributed by atoms with Crippen molar-refractivity contribution in [3.05, 3.63) is 30.3 Å². The van der Waals surface area contributed by atoms with Gasteiger partial charge in [-0.1, -0.05) is 59.2 Å². The van der Waals surface area contributed by atoms with Gasteiger partial charge in [0.1, 0.15) is 5.75 Å². The number of esters is 1. The second kappa shape index (κ2) is 6.74. The molecule has 0 aliphatic heterocycles. The van der Waals surface area contributed by atoms with E-state index in [1.54, 1.807) is 0 Å². The third kappa shape index (κ3) is 5.46. The normalized spacial score (nSPS) is 14.8. The predicted molar refractivity (Wildman–Crippen MR) is 79.1 cm³/mol. The van der Waals surface area contributed by atoms with Crippen molar-refractivity contribution in [1.29, 1.82) is 0 Å². The molecule has 0 radical (unpaired) electrons. The molecule has 0 spiro atoms. The summed E-state index contributed by atoms with van der Waals surface area (Å²) in [6.07, 6.45) is 1.85. The van der Waals surface area contributed by atoms with E-state index >= 15 is 0 Å². The van der Waals surface area contributed by atoms with Crippen LogP contribution in [0.1, 0.15) is 47.5 Å². The fraction of sp³-hybridized carbons (Fsp3) is 0.588. The Hall–Kier alpha value is -1.31. The third-order valence-corrected chi connectivity index (χ3v) is 3.43. The van der Waals surface area contributed by atoms with E-state index in [1.165, 1.54) is 0 Å². The Kier molecular flexibility index (Phi) is 5.59. The maximum Gasteiger partial charge on any atom is 0.314 e. The zero-order valence-electron chi connectivity index (χ0n) is 12.8. The van der Waals surface area contributed by atoms with Crippen molar-refractivity contribution >= 4 is 5.97 Å². The highest BCUT2D eigenvalue weighted by molar-refractivity contribution is 5.75. The fourth-order valence-corrected chi connectivity index (χ4v) is 2.14. The molecule has 2 nitrogen and oxygen atoms in total. The Morgan fingerprint density at radius 3 is 2.26 bits per heavy atom. The molecule has 0 saturated heterocycles. The van der Waals surface area contributed by atoms with Gasteiger partial charge in [-0.2, -0.15) is 0 Å². The molecule has 1 aromatic rings. The van der Waals surface area contributed by atoms with E-state index in [-0.39, 0.29) is 17.3 Å². The number of carbonyl (C=O) groups excluding carboxylic acids is 1. The van der Waals surface area contributed by atoms with Gasteiger partial charge in [0.25, 0.3) is 0 Å². The van der Waals surface area contributed by atoms with Gasteiger partial charge in [0.15, 0.2) is 0 Å². The molecule has 0 fully saturated rings. The molecule has 2 heteroatoms. The zero-order valence-corrected chi connectivity index (χ0v) is 12.8. The summed E-state index contributed by atoms with van der Waals surface area (Å²) >= 11 is 0. The maximum atomic E-state index is 12.4. The van der Waals surface area contributed by atoms with Crippen molar-refractivity contribution in [2.45, 2.75) is 47.5 Å². The van der Waals surface area contributed by atoms with Crippen LogP contribution in [-0.4, -0.2) is 5.97 Å². The SMILES string of the molecule is CCC(C)C(CC(C)(C)C)C(=O)Oc1ccccc1. The molecule has 1 aromatic carbocycles. The molecule has 0 saturated carbocycles. The summed E-state index contributed by atoms with van der Waals surface area (Å²) in [5.74, 6) is 0.839. The van der Waals surface area contributed by atoms with Gasteiger partial charge in [0.2, 0.25) is 0 Å². The van der Waals surface area contributed by atoms with E-state index in [4.69, 9.17) is 4.74 Å². The number of para-hydroxylation sites is 1. The summed E-state index contributed by atoms with van der Waals surface area (Å²) in [7, 11) is 0. The van der Waals surface area contributed by atoms with E-state index in [9.17, 15) is 4.79 Å². The largest absolute Gasteiger partial charge is 0.426 e. The number of rotatable bonds is 5. The summed E-state index contributed by atoms with van der Waals surface area (Å²) in [5, 5.41) is 0. The van der Waals surface area contributed by atoms with E-state index in [1.807, 2.05) is 30.3 Å². The number of carbonyl (C=O) groups is 1. The van der Waals surface area contributed by atoms with Crippen LogP contribution in [0, 0.1) is 17.3 Å². The first-order valence-corrected chi connectivity index (χ1v) is 7.10. The number of ether oxygens (including phenoxy) is 1. The van der Waals surface area contributed by atoms with Gasteiger partial charge in [-0.05, 0) is 29.9 Å². The Bertz CT molecular complexity index is 389. The molecule has 2 unspecified atom stereocenters. The summed E-state index contributed by atoms with van der Waals surface area (Å²) in [6.45, 7) is 10.7. The van der Waals surface area contributed by atoms with Crippen LogP contribution in [-0.2, 0) is 4.79 Å². The molecule has 0 bridgehead atoms. The minimum atomic E-state index is -0.101. The lowest BCUT2D eigenvalue weighted by molar-refractivity contribution is -0.142. The van der Waals surface area contributed by atoms with Gasteiger partial charge in [-0.15, -0.1) is 0 Å². The summed E-state index contributed by atoms with van der Waals surface area (Å²) < 4.78 is 5.51. The van der Waals surface area contributed by atoms with Crippen LogP contribution < -0.4 is 4.74 Å². The minimum Gasteiger partial charge on any atom is -0.426 e. The van der Waals surface area contributed by atoms with Crippen molar-refractivity contribution < 1.29 is 9.53 Å². The Morgan fingerprint density at radius 1 is 1.21 bits per heavy atom. The smallest absolute Gasteiger partial charge is 0.314 e. The Morgan fingerprint density at radius 2 is 1.79 bits per heavy atom. The molecule has 19 heavy (non-hydrogen) atoms. The van der Waals surface area contributed by atoms with Gasteiger partial charge in [0, 0.05) is 0 Å². The fourth-order valence-electron chi connectivity index (χ4n) is 2.14. The standard InChI is InChI=1S/C17H26O2/c1-6-13(2)15(12-17(3,4)5)16(18)19-14-10-8-7-9-11-14/h7-11,13,15H,6,12H2,1-5H3.